The molecule has 1 fully saturated rings. The molecule has 0 atom stereocenters. The van der Waals surface area contributed by atoms with Gasteiger partial charge in [0.05, 0.1) is 6.33 Å². The molecule has 6 nitrogen and oxygen atoms in total. The van der Waals surface area contributed by atoms with Crippen LogP contribution in [0.5, 0.6) is 0 Å². The molecule has 2 aromatic rings. The van der Waals surface area contributed by atoms with Crippen LogP contribution in [0.3, 0.4) is 0 Å². The van der Waals surface area contributed by atoms with E-state index in [1.165, 1.54) is 5.41 Å². The maximum Gasteiger partial charge on any atom is 0.236 e. The second-order valence-electron chi connectivity index (χ2n) is 5.80. The minimum absolute atomic E-state index is 0.533. The summed E-state index contributed by atoms with van der Waals surface area (Å²) in [5.74, 6) is 0. The molecule has 3 rings (SSSR count). The maximum absolute atomic E-state index is 12.4. The number of aromatic nitrogens is 2. The molecule has 1 aromatic carbocycles. The second kappa shape index (κ2) is 7.74. The van der Waals surface area contributed by atoms with Gasteiger partial charge in [0.1, 0.15) is 0 Å². The minimum Gasteiger partial charge on any atom is -0.336 e. The van der Waals surface area contributed by atoms with Crippen molar-refractivity contribution < 1.29 is 8.42 Å². The molecule has 2 heterocycles. The minimum atomic E-state index is -3.35. The number of piperazine rings is 1. The predicted octanol–water partition coefficient (Wildman–Crippen LogP) is 1.50. The molecule has 0 amide bonds. The van der Waals surface area contributed by atoms with E-state index in [1.807, 2.05) is 41.1 Å². The van der Waals surface area contributed by atoms with E-state index in [-0.39, 0.29) is 0 Å². The van der Waals surface area contributed by atoms with Gasteiger partial charge in [-0.25, -0.2) is 13.4 Å². The van der Waals surface area contributed by atoms with Gasteiger partial charge in [-0.2, -0.15) is 4.31 Å². The third-order valence-electron chi connectivity index (χ3n) is 4.16. The van der Waals surface area contributed by atoms with Crippen molar-refractivity contribution in [1.82, 2.24) is 18.8 Å². The molecule has 0 saturated carbocycles. The largest absolute Gasteiger partial charge is 0.336 e. The molecule has 0 unspecified atom stereocenters. The Kier molecular flexibility index (Phi) is 5.44. The zero-order valence-corrected chi connectivity index (χ0v) is 14.3. The van der Waals surface area contributed by atoms with Gasteiger partial charge in [-0.15, -0.1) is 0 Å². The highest BCUT2D eigenvalue weighted by Crippen LogP contribution is 2.11. The van der Waals surface area contributed by atoms with Crippen LogP contribution in [0.4, 0.5) is 0 Å². The van der Waals surface area contributed by atoms with Crippen LogP contribution in [0.2, 0.25) is 0 Å². The summed E-state index contributed by atoms with van der Waals surface area (Å²) in [6, 6.07) is 9.48. The average molecular weight is 346 g/mol. The highest BCUT2D eigenvalue weighted by atomic mass is 32.2. The predicted molar refractivity (Wildman–Crippen MR) is 94.6 cm³/mol. The SMILES string of the molecule is O=S(=O)(/C=C/c1ccccc1)N1CCN(CCn2ccnc2)CC1. The standard InChI is InChI=1S/C17H22N4O2S/c22-24(23,15-6-17-4-2-1-3-5-17)21-13-11-19(12-14-21)9-10-20-8-7-18-16-20/h1-8,15-16H,9-14H2/b15-6+. The van der Waals surface area contributed by atoms with Gasteiger partial charge in [0.2, 0.25) is 10.0 Å². The molecule has 24 heavy (non-hydrogen) atoms. The molecule has 1 aliphatic heterocycles. The van der Waals surface area contributed by atoms with E-state index in [0.29, 0.717) is 13.1 Å². The Bertz CT molecular complexity index is 749. The van der Waals surface area contributed by atoms with Gasteiger partial charge in [0.25, 0.3) is 0 Å². The van der Waals surface area contributed by atoms with Crippen molar-refractivity contribution in [2.45, 2.75) is 6.54 Å². The van der Waals surface area contributed by atoms with Gasteiger partial charge >= 0.3 is 0 Å². The van der Waals surface area contributed by atoms with Crippen molar-refractivity contribution in [3.05, 3.63) is 60.0 Å². The molecule has 0 spiro atoms. The summed E-state index contributed by atoms with van der Waals surface area (Å²) >= 11 is 0. The van der Waals surface area contributed by atoms with E-state index in [9.17, 15) is 8.42 Å². The molecule has 128 valence electrons. The number of hydrogen-bond acceptors (Lipinski definition) is 4. The van der Waals surface area contributed by atoms with Crippen LogP contribution in [0.1, 0.15) is 5.56 Å². The molecule has 0 N–H and O–H groups in total. The third kappa shape index (κ3) is 4.53. The molecule has 1 aliphatic rings. The third-order valence-corrected chi connectivity index (χ3v) is 5.72. The molecule has 1 aromatic heterocycles. The maximum atomic E-state index is 12.4. The van der Waals surface area contributed by atoms with Crippen LogP contribution >= 0.6 is 0 Å². The van der Waals surface area contributed by atoms with Crippen molar-refractivity contribution in [3.8, 4) is 0 Å². The lowest BCUT2D eigenvalue weighted by Gasteiger charge is -2.33. The fourth-order valence-electron chi connectivity index (χ4n) is 2.70. The zero-order chi connectivity index (χ0) is 16.8. The quantitative estimate of drug-likeness (QED) is 0.795. The van der Waals surface area contributed by atoms with Crippen LogP contribution < -0.4 is 0 Å². The van der Waals surface area contributed by atoms with E-state index in [0.717, 1.165) is 31.7 Å². The van der Waals surface area contributed by atoms with Crippen molar-refractivity contribution >= 4 is 16.1 Å². The lowest BCUT2D eigenvalue weighted by molar-refractivity contribution is 0.184. The monoisotopic (exact) mass is 346 g/mol. The summed E-state index contributed by atoms with van der Waals surface area (Å²) in [6.07, 6.45) is 7.16. The van der Waals surface area contributed by atoms with E-state index in [2.05, 4.69) is 9.88 Å². The number of rotatable bonds is 6. The number of nitrogens with zero attached hydrogens (tertiary/aromatic N) is 4. The van der Waals surface area contributed by atoms with Crippen LogP contribution in [-0.4, -0.2) is 59.9 Å². The van der Waals surface area contributed by atoms with Crippen molar-refractivity contribution in [2.75, 3.05) is 32.7 Å². The van der Waals surface area contributed by atoms with Gasteiger partial charge in [-0.05, 0) is 11.6 Å². The molecular formula is C17H22N4O2S. The lowest BCUT2D eigenvalue weighted by Crippen LogP contribution is -2.48. The van der Waals surface area contributed by atoms with Crippen molar-refractivity contribution in [2.24, 2.45) is 0 Å². The molecular weight excluding hydrogens is 324 g/mol. The van der Waals surface area contributed by atoms with Crippen LogP contribution in [0.25, 0.3) is 6.08 Å². The normalized spacial score (nSPS) is 17.5. The second-order valence-corrected chi connectivity index (χ2v) is 7.62. The van der Waals surface area contributed by atoms with Gasteiger partial charge in [-0.1, -0.05) is 30.3 Å². The van der Waals surface area contributed by atoms with Gasteiger partial charge in [0.15, 0.2) is 0 Å². The van der Waals surface area contributed by atoms with Gasteiger partial charge < -0.3 is 4.57 Å². The fraction of sp³-hybridized carbons (Fsp3) is 0.353. The van der Waals surface area contributed by atoms with Crippen molar-refractivity contribution in [3.63, 3.8) is 0 Å². The fourth-order valence-corrected chi connectivity index (χ4v) is 3.87. The first-order valence-corrected chi connectivity index (χ1v) is 9.55. The highest BCUT2D eigenvalue weighted by molar-refractivity contribution is 7.92. The van der Waals surface area contributed by atoms with Crippen LogP contribution in [-0.2, 0) is 16.6 Å². The summed E-state index contributed by atoms with van der Waals surface area (Å²) in [5, 5.41) is 1.31. The topological polar surface area (TPSA) is 58.4 Å². The molecule has 1 saturated heterocycles. The molecule has 0 aliphatic carbocycles. The highest BCUT2D eigenvalue weighted by Gasteiger charge is 2.24. The molecule has 0 radical (unpaired) electrons. The first-order valence-electron chi connectivity index (χ1n) is 8.05. The van der Waals surface area contributed by atoms with Gasteiger partial charge in [-0.3, -0.25) is 4.90 Å². The van der Waals surface area contributed by atoms with Gasteiger partial charge in [0, 0.05) is 57.1 Å². The van der Waals surface area contributed by atoms with E-state index in [4.69, 9.17) is 0 Å². The van der Waals surface area contributed by atoms with Crippen LogP contribution in [0, 0.1) is 0 Å². The Balaban J connectivity index is 1.50. The summed E-state index contributed by atoms with van der Waals surface area (Å²) < 4.78 is 28.4. The Morgan fingerprint density at radius 1 is 1.04 bits per heavy atom. The summed E-state index contributed by atoms with van der Waals surface area (Å²) in [6.45, 7) is 4.36. The zero-order valence-electron chi connectivity index (χ0n) is 13.5. The van der Waals surface area contributed by atoms with Crippen LogP contribution in [0.15, 0.2) is 54.5 Å². The van der Waals surface area contributed by atoms with Crippen molar-refractivity contribution in [1.29, 1.82) is 0 Å². The summed E-state index contributed by atoms with van der Waals surface area (Å²) in [7, 11) is -3.35. The first kappa shape index (κ1) is 16.9. The molecule has 0 bridgehead atoms. The number of imidazole rings is 1. The Labute approximate surface area is 143 Å². The molecule has 7 heteroatoms. The number of hydrogen-bond donors (Lipinski definition) is 0. The van der Waals surface area contributed by atoms with E-state index in [1.54, 1.807) is 22.9 Å². The number of benzene rings is 1. The van der Waals surface area contributed by atoms with E-state index < -0.39 is 10.0 Å². The summed E-state index contributed by atoms with van der Waals surface area (Å²) in [4.78, 5) is 6.31. The lowest BCUT2D eigenvalue weighted by atomic mass is 10.2. The number of sulfonamides is 1. The first-order chi connectivity index (χ1) is 11.6. The Hall–Kier alpha value is -1.96. The summed E-state index contributed by atoms with van der Waals surface area (Å²) in [5.41, 5.74) is 0.889. The Morgan fingerprint density at radius 2 is 1.79 bits per heavy atom. The Morgan fingerprint density at radius 3 is 2.46 bits per heavy atom. The average Bonchev–Trinajstić information content (AvgIpc) is 3.13. The smallest absolute Gasteiger partial charge is 0.236 e. The van der Waals surface area contributed by atoms with E-state index >= 15 is 0 Å².